The fourth-order valence-electron chi connectivity index (χ4n) is 5.51. The number of piperidine rings is 1. The number of aromatic amines is 1. The fourth-order valence-corrected chi connectivity index (χ4v) is 5.51. The van der Waals surface area contributed by atoms with Crippen LogP contribution < -0.4 is 10.1 Å². The standard InChI is InChI=1S/C28H36N6O3/c29-19-24-20-30-27(31-24)37-28(35)32-26-7-6-23(18-25(26)22-4-2-1-3-5-22)21-8-10-33(11-9-21)12-13-34-14-16-36-17-15-34/h4,6-7,18,20-21H,1-3,5,8-17H2,(H,30,31)(H,32,35). The highest BCUT2D eigenvalue weighted by Crippen LogP contribution is 2.36. The van der Waals surface area contributed by atoms with Crippen molar-refractivity contribution in [2.45, 2.75) is 44.4 Å². The molecule has 1 amide bonds. The van der Waals surface area contributed by atoms with Crippen molar-refractivity contribution < 1.29 is 14.3 Å². The Hall–Kier alpha value is -3.19. The van der Waals surface area contributed by atoms with E-state index in [-0.39, 0.29) is 11.7 Å². The van der Waals surface area contributed by atoms with E-state index in [1.807, 2.05) is 12.1 Å². The van der Waals surface area contributed by atoms with Gasteiger partial charge in [0.25, 0.3) is 0 Å². The molecule has 1 aliphatic carbocycles. The third kappa shape index (κ3) is 6.77. The van der Waals surface area contributed by atoms with Crippen LogP contribution >= 0.6 is 0 Å². The van der Waals surface area contributed by atoms with Gasteiger partial charge < -0.3 is 14.4 Å². The molecule has 37 heavy (non-hydrogen) atoms. The average molecular weight is 505 g/mol. The number of rotatable bonds is 7. The molecular formula is C28H36N6O3. The predicted molar refractivity (Wildman–Crippen MR) is 142 cm³/mol. The Balaban J connectivity index is 1.23. The van der Waals surface area contributed by atoms with Gasteiger partial charge in [-0.05, 0) is 80.8 Å². The van der Waals surface area contributed by atoms with Crippen LogP contribution in [0.2, 0.25) is 0 Å². The van der Waals surface area contributed by atoms with Crippen molar-refractivity contribution in [2.24, 2.45) is 0 Å². The average Bonchev–Trinajstić information content (AvgIpc) is 3.41. The number of allylic oxidation sites excluding steroid dienone is 2. The zero-order valence-electron chi connectivity index (χ0n) is 21.4. The minimum Gasteiger partial charge on any atom is -0.379 e. The number of aromatic nitrogens is 2. The summed E-state index contributed by atoms with van der Waals surface area (Å²) in [5.74, 6) is 0.524. The van der Waals surface area contributed by atoms with E-state index in [1.54, 1.807) is 0 Å². The van der Waals surface area contributed by atoms with Gasteiger partial charge in [-0.2, -0.15) is 5.26 Å². The molecule has 0 bridgehead atoms. The van der Waals surface area contributed by atoms with Gasteiger partial charge in [0.2, 0.25) is 0 Å². The quantitative estimate of drug-likeness (QED) is 0.577. The largest absolute Gasteiger partial charge is 0.419 e. The lowest BCUT2D eigenvalue weighted by Crippen LogP contribution is -2.43. The van der Waals surface area contributed by atoms with Gasteiger partial charge in [-0.15, -0.1) is 0 Å². The molecule has 0 unspecified atom stereocenters. The second-order valence-electron chi connectivity index (χ2n) is 10.1. The number of ether oxygens (including phenoxy) is 2. The van der Waals surface area contributed by atoms with E-state index in [0.717, 1.165) is 95.8 Å². The molecule has 5 rings (SSSR count). The molecule has 2 aliphatic heterocycles. The van der Waals surface area contributed by atoms with Crippen molar-refractivity contribution in [1.29, 1.82) is 5.26 Å². The number of carbonyl (C=O) groups is 1. The number of benzene rings is 1. The van der Waals surface area contributed by atoms with E-state index >= 15 is 0 Å². The number of hydrogen-bond acceptors (Lipinski definition) is 7. The zero-order chi connectivity index (χ0) is 25.5. The van der Waals surface area contributed by atoms with Gasteiger partial charge in [0.15, 0.2) is 0 Å². The Labute approximate surface area is 218 Å². The van der Waals surface area contributed by atoms with E-state index in [4.69, 9.17) is 14.7 Å². The van der Waals surface area contributed by atoms with E-state index in [1.165, 1.54) is 23.8 Å². The van der Waals surface area contributed by atoms with Gasteiger partial charge in [-0.25, -0.2) is 9.78 Å². The Morgan fingerprint density at radius 1 is 1.16 bits per heavy atom. The van der Waals surface area contributed by atoms with Crippen molar-refractivity contribution >= 4 is 17.4 Å². The van der Waals surface area contributed by atoms with Crippen LogP contribution in [0.3, 0.4) is 0 Å². The summed E-state index contributed by atoms with van der Waals surface area (Å²) < 4.78 is 10.7. The maximum Gasteiger partial charge on any atom is 0.419 e. The van der Waals surface area contributed by atoms with Crippen molar-refractivity contribution in [3.63, 3.8) is 0 Å². The highest BCUT2D eigenvalue weighted by Gasteiger charge is 2.23. The Morgan fingerprint density at radius 3 is 2.65 bits per heavy atom. The van der Waals surface area contributed by atoms with Crippen LogP contribution in [-0.2, 0) is 4.74 Å². The summed E-state index contributed by atoms with van der Waals surface area (Å²) in [4.78, 5) is 24.3. The molecule has 196 valence electrons. The number of morpholine rings is 1. The highest BCUT2D eigenvalue weighted by molar-refractivity contribution is 5.91. The monoisotopic (exact) mass is 504 g/mol. The van der Waals surface area contributed by atoms with Crippen LogP contribution in [0.4, 0.5) is 10.5 Å². The summed E-state index contributed by atoms with van der Waals surface area (Å²) in [7, 11) is 0. The Morgan fingerprint density at radius 2 is 1.95 bits per heavy atom. The number of nitrogens with one attached hydrogen (secondary N) is 2. The van der Waals surface area contributed by atoms with Crippen LogP contribution in [-0.4, -0.2) is 78.3 Å². The topological polar surface area (TPSA) is 107 Å². The molecule has 3 aliphatic rings. The maximum atomic E-state index is 12.6. The predicted octanol–water partition coefficient (Wildman–Crippen LogP) is 4.36. The summed E-state index contributed by atoms with van der Waals surface area (Å²) in [5, 5.41) is 11.8. The van der Waals surface area contributed by atoms with E-state index in [0.29, 0.717) is 5.92 Å². The number of H-pyrrole nitrogens is 1. The third-order valence-corrected chi connectivity index (χ3v) is 7.67. The molecule has 1 aromatic carbocycles. The number of likely N-dealkylation sites (tertiary alicyclic amines) is 1. The lowest BCUT2D eigenvalue weighted by atomic mass is 9.85. The van der Waals surface area contributed by atoms with Gasteiger partial charge in [0.05, 0.1) is 25.1 Å². The van der Waals surface area contributed by atoms with Gasteiger partial charge in [0, 0.05) is 31.7 Å². The lowest BCUT2D eigenvalue weighted by molar-refractivity contribution is 0.0321. The first-order valence-corrected chi connectivity index (χ1v) is 13.5. The van der Waals surface area contributed by atoms with Crippen molar-refractivity contribution in [2.75, 3.05) is 57.8 Å². The Kier molecular flexibility index (Phi) is 8.51. The number of carbonyl (C=O) groups excluding carboxylic acids is 1. The number of hydrogen-bond donors (Lipinski definition) is 2. The second-order valence-corrected chi connectivity index (χ2v) is 10.1. The van der Waals surface area contributed by atoms with Crippen molar-refractivity contribution in [3.8, 4) is 12.1 Å². The summed E-state index contributed by atoms with van der Waals surface area (Å²) in [5.41, 5.74) is 4.71. The van der Waals surface area contributed by atoms with Crippen LogP contribution in [0.5, 0.6) is 6.01 Å². The van der Waals surface area contributed by atoms with Crippen LogP contribution in [0.15, 0.2) is 30.5 Å². The molecule has 0 saturated carbocycles. The zero-order valence-corrected chi connectivity index (χ0v) is 21.4. The number of anilines is 1. The molecule has 2 fully saturated rings. The molecular weight excluding hydrogens is 468 g/mol. The molecule has 0 spiro atoms. The van der Waals surface area contributed by atoms with Gasteiger partial charge in [-0.3, -0.25) is 15.2 Å². The molecule has 9 heteroatoms. The first-order valence-electron chi connectivity index (χ1n) is 13.5. The van der Waals surface area contributed by atoms with Crippen LogP contribution in [0, 0.1) is 11.3 Å². The normalized spacial score (nSPS) is 19.7. The van der Waals surface area contributed by atoms with Crippen molar-refractivity contribution in [1.82, 2.24) is 19.8 Å². The van der Waals surface area contributed by atoms with Gasteiger partial charge in [-0.1, -0.05) is 12.1 Å². The highest BCUT2D eigenvalue weighted by atomic mass is 16.6. The number of amides is 1. The first-order chi connectivity index (χ1) is 18.2. The Bertz CT molecular complexity index is 1140. The summed E-state index contributed by atoms with van der Waals surface area (Å²) in [6.07, 6.45) is 9.75. The summed E-state index contributed by atoms with van der Waals surface area (Å²) >= 11 is 0. The minimum absolute atomic E-state index is 0.00415. The number of nitrogens with zero attached hydrogens (tertiary/aromatic N) is 4. The van der Waals surface area contributed by atoms with Gasteiger partial charge in [0.1, 0.15) is 11.8 Å². The van der Waals surface area contributed by atoms with Crippen LogP contribution in [0.25, 0.3) is 5.57 Å². The van der Waals surface area contributed by atoms with E-state index in [9.17, 15) is 4.79 Å². The van der Waals surface area contributed by atoms with Crippen LogP contribution in [0.1, 0.15) is 61.3 Å². The first kappa shape index (κ1) is 25.5. The van der Waals surface area contributed by atoms with E-state index < -0.39 is 6.09 Å². The SMILES string of the molecule is N#Cc1cnc(OC(=O)Nc2ccc(C3CCN(CCN4CCOCC4)CC3)cc2C2=CCCCC2)[nH]1. The van der Waals surface area contributed by atoms with Gasteiger partial charge >= 0.3 is 12.1 Å². The molecule has 3 heterocycles. The van der Waals surface area contributed by atoms with Crippen molar-refractivity contribution in [3.05, 3.63) is 47.3 Å². The fraction of sp³-hybridized carbons (Fsp3) is 0.536. The maximum absolute atomic E-state index is 12.6. The number of nitriles is 1. The smallest absolute Gasteiger partial charge is 0.379 e. The lowest BCUT2D eigenvalue weighted by Gasteiger charge is -2.35. The van der Waals surface area contributed by atoms with E-state index in [2.05, 4.69) is 43.3 Å². The molecule has 2 N–H and O–H groups in total. The molecule has 2 aromatic rings. The minimum atomic E-state index is -0.627. The summed E-state index contributed by atoms with van der Waals surface area (Å²) in [6.45, 7) is 8.29. The number of imidazole rings is 1. The molecule has 0 atom stereocenters. The summed E-state index contributed by atoms with van der Waals surface area (Å²) in [6, 6.07) is 8.38. The molecule has 0 radical (unpaired) electrons. The molecule has 2 saturated heterocycles. The third-order valence-electron chi connectivity index (χ3n) is 7.67. The second kappa shape index (κ2) is 12.4. The molecule has 1 aromatic heterocycles. The molecule has 9 nitrogen and oxygen atoms in total.